The van der Waals surface area contributed by atoms with Crippen LogP contribution < -0.4 is 22.5 Å². The highest BCUT2D eigenvalue weighted by Crippen LogP contribution is 2.22. The molecule has 4 heterocycles. The van der Waals surface area contributed by atoms with Gasteiger partial charge < -0.3 is 31.8 Å². The standard InChI is InChI=1S/C10H12BrN3.C8H12BrN3.C5H6BrN3.C4H6O3/c1-6(2)14-7(3)13-10-9(14)4-8(11)5-12-10;1-5(2)12-7-3-6(9)4-11-8(7)10;6-3-1-4(7)5(8)9-2-3;1-3(5)7-4(2)6/h4-6H,1-3H3;3-5,12H,1-2H3,(H2,10,11);1-2H,7H2,(H2,8,9);1-2H3. The van der Waals surface area contributed by atoms with Crippen molar-refractivity contribution in [2.45, 2.75) is 60.5 Å². The Kier molecular flexibility index (Phi) is 15.4. The van der Waals surface area contributed by atoms with Gasteiger partial charge in [-0.2, -0.15) is 0 Å². The van der Waals surface area contributed by atoms with Gasteiger partial charge in [-0.05, 0) is 101 Å². The van der Waals surface area contributed by atoms with Gasteiger partial charge in [-0.1, -0.05) is 0 Å². The number of pyridine rings is 3. The average molecular weight is 774 g/mol. The highest BCUT2D eigenvalue weighted by molar-refractivity contribution is 9.11. The number of fused-ring (bicyclic) bond motifs is 1. The molecule has 0 aromatic carbocycles. The Hall–Kier alpha value is -3.30. The summed E-state index contributed by atoms with van der Waals surface area (Å²) >= 11 is 9.95. The largest absolute Gasteiger partial charge is 0.396 e. The number of nitrogens with zero attached hydrogens (tertiary/aromatic N) is 5. The number of anilines is 4. The molecule has 7 N–H and O–H groups in total. The lowest BCUT2D eigenvalue weighted by atomic mass is 10.3. The molecule has 42 heavy (non-hydrogen) atoms. The van der Waals surface area contributed by atoms with Crippen LogP contribution in [0.4, 0.5) is 23.0 Å². The Bertz CT molecular complexity index is 1480. The van der Waals surface area contributed by atoms with Gasteiger partial charge in [0.25, 0.3) is 0 Å². The molecule has 4 aromatic heterocycles. The summed E-state index contributed by atoms with van der Waals surface area (Å²) in [6.45, 7) is 12.8. The highest BCUT2D eigenvalue weighted by Gasteiger charge is 2.10. The van der Waals surface area contributed by atoms with E-state index in [9.17, 15) is 9.59 Å². The quantitative estimate of drug-likeness (QED) is 0.133. The third-order valence-corrected chi connectivity index (χ3v) is 6.04. The number of ether oxygens (including phenoxy) is 1. The van der Waals surface area contributed by atoms with Gasteiger partial charge in [-0.25, -0.2) is 19.9 Å². The summed E-state index contributed by atoms with van der Waals surface area (Å²) < 4.78 is 8.92. The normalized spacial score (nSPS) is 10.1. The minimum Gasteiger partial charge on any atom is -0.396 e. The number of hydrogen-bond donors (Lipinski definition) is 4. The number of imidazole rings is 1. The molecular weight excluding hydrogens is 738 g/mol. The zero-order valence-corrected chi connectivity index (χ0v) is 29.2. The number of nitrogens with two attached hydrogens (primary N) is 3. The maximum Gasteiger partial charge on any atom is 0.310 e. The molecule has 0 bridgehead atoms. The van der Waals surface area contributed by atoms with E-state index in [0.29, 0.717) is 29.4 Å². The van der Waals surface area contributed by atoms with E-state index < -0.39 is 11.9 Å². The fourth-order valence-corrected chi connectivity index (χ4v) is 4.26. The van der Waals surface area contributed by atoms with Crippen LogP contribution >= 0.6 is 47.8 Å². The number of rotatable bonds is 3. The van der Waals surface area contributed by atoms with Gasteiger partial charge in [0.2, 0.25) is 0 Å². The van der Waals surface area contributed by atoms with Crippen molar-refractivity contribution in [3.8, 4) is 0 Å². The second-order valence-corrected chi connectivity index (χ2v) is 12.0. The maximum atomic E-state index is 9.81. The lowest BCUT2D eigenvalue weighted by Crippen LogP contribution is -2.11. The number of aryl methyl sites for hydroxylation is 1. The molecule has 0 atom stereocenters. The van der Waals surface area contributed by atoms with E-state index in [0.717, 1.165) is 36.1 Å². The lowest BCUT2D eigenvalue weighted by molar-refractivity contribution is -0.156. The van der Waals surface area contributed by atoms with Crippen molar-refractivity contribution >= 4 is 93.9 Å². The second-order valence-electron chi connectivity index (χ2n) is 9.22. The molecule has 0 amide bonds. The summed E-state index contributed by atoms with van der Waals surface area (Å²) in [5, 5.41) is 3.20. The molecule has 228 valence electrons. The number of nitrogens with one attached hydrogen (secondary N) is 1. The number of nitrogen functional groups attached to an aromatic ring is 3. The molecule has 0 spiro atoms. The van der Waals surface area contributed by atoms with Crippen LogP contribution in [0.3, 0.4) is 0 Å². The smallest absolute Gasteiger partial charge is 0.310 e. The fourth-order valence-electron chi connectivity index (χ4n) is 3.26. The van der Waals surface area contributed by atoms with Gasteiger partial charge in [0.1, 0.15) is 17.5 Å². The Balaban J connectivity index is 0.000000290. The van der Waals surface area contributed by atoms with Crippen molar-refractivity contribution in [1.82, 2.24) is 24.5 Å². The van der Waals surface area contributed by atoms with Crippen LogP contribution in [0.15, 0.2) is 50.2 Å². The van der Waals surface area contributed by atoms with Crippen molar-refractivity contribution < 1.29 is 14.3 Å². The van der Waals surface area contributed by atoms with E-state index in [4.69, 9.17) is 17.2 Å². The number of esters is 2. The first-order valence-electron chi connectivity index (χ1n) is 12.5. The number of carbonyl (C=O) groups is 2. The topological polar surface area (TPSA) is 190 Å². The molecule has 4 rings (SSSR count). The number of halogens is 3. The average Bonchev–Trinajstić information content (AvgIpc) is 3.19. The molecule has 0 saturated carbocycles. The van der Waals surface area contributed by atoms with Crippen LogP contribution in [-0.4, -0.2) is 42.5 Å². The molecular formula is C27H36Br3N9O3. The molecule has 12 nitrogen and oxygen atoms in total. The highest BCUT2D eigenvalue weighted by atomic mass is 79.9. The van der Waals surface area contributed by atoms with Crippen LogP contribution in [0.5, 0.6) is 0 Å². The molecule has 0 radical (unpaired) electrons. The first-order chi connectivity index (χ1) is 19.5. The zero-order valence-electron chi connectivity index (χ0n) is 24.4. The predicted molar refractivity (Wildman–Crippen MR) is 179 cm³/mol. The van der Waals surface area contributed by atoms with Gasteiger partial charge in [0.05, 0.1) is 16.9 Å². The van der Waals surface area contributed by atoms with Crippen LogP contribution in [0.2, 0.25) is 0 Å². The first kappa shape index (κ1) is 36.7. The molecule has 0 aliphatic carbocycles. The summed E-state index contributed by atoms with van der Waals surface area (Å²) in [6.07, 6.45) is 5.06. The van der Waals surface area contributed by atoms with E-state index in [1.165, 1.54) is 13.8 Å². The first-order valence-corrected chi connectivity index (χ1v) is 14.9. The Morgan fingerprint density at radius 3 is 1.79 bits per heavy atom. The zero-order chi connectivity index (χ0) is 32.1. The molecule has 4 aromatic rings. The molecule has 0 aliphatic heterocycles. The second kappa shape index (κ2) is 17.6. The van der Waals surface area contributed by atoms with Crippen molar-refractivity contribution in [3.63, 3.8) is 0 Å². The summed E-state index contributed by atoms with van der Waals surface area (Å²) in [7, 11) is 0. The third-order valence-electron chi connectivity index (χ3n) is 4.74. The maximum absolute atomic E-state index is 9.81. The SMILES string of the molecule is CC(=O)OC(C)=O.CC(C)Nc1cc(Br)cnc1N.Cc1nc2ncc(Br)cc2n1C(C)C.Nc1cc(Br)cnc1N. The van der Waals surface area contributed by atoms with E-state index in [1.54, 1.807) is 24.7 Å². The Morgan fingerprint density at radius 1 is 0.833 bits per heavy atom. The third kappa shape index (κ3) is 13.1. The van der Waals surface area contributed by atoms with Crippen LogP contribution in [0, 0.1) is 6.92 Å². The molecule has 15 heteroatoms. The van der Waals surface area contributed by atoms with Gasteiger partial charge in [-0.3, -0.25) is 9.59 Å². The molecule has 0 aliphatic rings. The Morgan fingerprint density at radius 2 is 1.33 bits per heavy atom. The van der Waals surface area contributed by atoms with E-state index in [2.05, 4.69) is 116 Å². The predicted octanol–water partition coefficient (Wildman–Crippen LogP) is 6.43. The minimum absolute atomic E-state index is 0.364. The van der Waals surface area contributed by atoms with E-state index in [-0.39, 0.29) is 0 Å². The van der Waals surface area contributed by atoms with Crippen molar-refractivity contribution in [2.24, 2.45) is 0 Å². The van der Waals surface area contributed by atoms with Crippen molar-refractivity contribution in [1.29, 1.82) is 0 Å². The van der Waals surface area contributed by atoms with Gasteiger partial charge in [-0.15, -0.1) is 0 Å². The van der Waals surface area contributed by atoms with Crippen molar-refractivity contribution in [3.05, 3.63) is 56.0 Å². The summed E-state index contributed by atoms with van der Waals surface area (Å²) in [5.74, 6) is 0.797. The fraction of sp³-hybridized carbons (Fsp3) is 0.333. The number of carbonyl (C=O) groups excluding carboxylic acids is 2. The Labute approximate surface area is 270 Å². The summed E-state index contributed by atoms with van der Waals surface area (Å²) in [6, 6.07) is 6.46. The lowest BCUT2D eigenvalue weighted by Gasteiger charge is -2.11. The molecule has 0 fully saturated rings. The van der Waals surface area contributed by atoms with Crippen LogP contribution in [-0.2, 0) is 14.3 Å². The summed E-state index contributed by atoms with van der Waals surface area (Å²) in [4.78, 5) is 36.1. The van der Waals surface area contributed by atoms with Gasteiger partial charge >= 0.3 is 11.9 Å². The van der Waals surface area contributed by atoms with Gasteiger partial charge in [0, 0.05) is 57.9 Å². The monoisotopic (exact) mass is 771 g/mol. The minimum atomic E-state index is -0.562. The molecule has 0 unspecified atom stereocenters. The van der Waals surface area contributed by atoms with E-state index in [1.807, 2.05) is 13.0 Å². The van der Waals surface area contributed by atoms with Crippen molar-refractivity contribution in [2.75, 3.05) is 22.5 Å². The number of aromatic nitrogens is 5. The number of hydrogen-bond acceptors (Lipinski definition) is 11. The molecule has 0 saturated heterocycles. The van der Waals surface area contributed by atoms with Gasteiger partial charge in [0.15, 0.2) is 5.65 Å². The van der Waals surface area contributed by atoms with Crippen LogP contribution in [0.1, 0.15) is 53.4 Å². The summed E-state index contributed by atoms with van der Waals surface area (Å²) in [5.41, 5.74) is 19.7. The van der Waals surface area contributed by atoms with E-state index >= 15 is 0 Å². The van der Waals surface area contributed by atoms with Crippen LogP contribution in [0.25, 0.3) is 11.2 Å².